The summed E-state index contributed by atoms with van der Waals surface area (Å²) in [5.74, 6) is -0.0366. The molecule has 0 saturated heterocycles. The van der Waals surface area contributed by atoms with Crippen molar-refractivity contribution in [2.75, 3.05) is 24.3 Å². The number of benzene rings is 2. The summed E-state index contributed by atoms with van der Waals surface area (Å²) in [7, 11) is 1.59. The van der Waals surface area contributed by atoms with E-state index in [1.54, 1.807) is 31.4 Å². The molecule has 1 amide bonds. The predicted molar refractivity (Wildman–Crippen MR) is 81.5 cm³/mol. The average molecular weight is 309 g/mol. The average Bonchev–Trinajstić information content (AvgIpc) is 2.49. The van der Waals surface area contributed by atoms with E-state index in [9.17, 15) is 9.18 Å². The fourth-order valence-corrected chi connectivity index (χ4v) is 1.85. The van der Waals surface area contributed by atoms with E-state index in [-0.39, 0.29) is 17.5 Å². The van der Waals surface area contributed by atoms with Gasteiger partial charge in [-0.3, -0.25) is 4.79 Å². The van der Waals surface area contributed by atoms with Crippen molar-refractivity contribution < 1.29 is 13.9 Å². The number of nitrogens with one attached hydrogen (secondary N) is 2. The first kappa shape index (κ1) is 15.1. The molecule has 0 aliphatic rings. The molecule has 2 N–H and O–H groups in total. The van der Waals surface area contributed by atoms with Crippen LogP contribution < -0.4 is 15.4 Å². The van der Waals surface area contributed by atoms with E-state index in [0.29, 0.717) is 5.69 Å². The van der Waals surface area contributed by atoms with Gasteiger partial charge in [-0.15, -0.1) is 0 Å². The Kier molecular flexibility index (Phi) is 5.00. The lowest BCUT2D eigenvalue weighted by Gasteiger charge is -2.09. The Balaban J connectivity index is 1.87. The Morgan fingerprint density at radius 1 is 1.19 bits per heavy atom. The molecule has 0 aliphatic carbocycles. The van der Waals surface area contributed by atoms with Crippen LogP contribution in [-0.4, -0.2) is 19.6 Å². The number of amides is 1. The molecular formula is C15H14ClFN2O2. The largest absolute Gasteiger partial charge is 0.497 e. The lowest BCUT2D eigenvalue weighted by Crippen LogP contribution is -2.21. The monoisotopic (exact) mass is 308 g/mol. The Labute approximate surface area is 126 Å². The summed E-state index contributed by atoms with van der Waals surface area (Å²) in [6, 6.07) is 11.2. The third-order valence-corrected chi connectivity index (χ3v) is 3.04. The highest BCUT2D eigenvalue weighted by atomic mass is 35.5. The highest BCUT2D eigenvalue weighted by Gasteiger charge is 2.05. The third-order valence-electron chi connectivity index (χ3n) is 2.75. The lowest BCUT2D eigenvalue weighted by molar-refractivity contribution is -0.114. The number of rotatable bonds is 5. The number of hydrogen-bond donors (Lipinski definition) is 2. The maximum absolute atomic E-state index is 13.0. The molecule has 0 bridgehead atoms. The number of carbonyl (C=O) groups is 1. The van der Waals surface area contributed by atoms with Crippen LogP contribution in [0.2, 0.25) is 5.02 Å². The van der Waals surface area contributed by atoms with Gasteiger partial charge in [-0.25, -0.2) is 4.39 Å². The predicted octanol–water partition coefficient (Wildman–Crippen LogP) is 3.54. The zero-order valence-corrected chi connectivity index (χ0v) is 12.1. The van der Waals surface area contributed by atoms with Crippen LogP contribution in [0.4, 0.5) is 15.8 Å². The fraction of sp³-hybridized carbons (Fsp3) is 0.133. The summed E-state index contributed by atoms with van der Waals surface area (Å²) in [6.45, 7) is 0.0846. The molecule has 0 fully saturated rings. The second-order valence-corrected chi connectivity index (χ2v) is 4.67. The van der Waals surface area contributed by atoms with Crippen molar-refractivity contribution >= 4 is 28.9 Å². The zero-order valence-electron chi connectivity index (χ0n) is 11.3. The molecule has 0 spiro atoms. The Morgan fingerprint density at radius 3 is 2.48 bits per heavy atom. The minimum Gasteiger partial charge on any atom is -0.497 e. The highest BCUT2D eigenvalue weighted by molar-refractivity contribution is 6.31. The third kappa shape index (κ3) is 4.36. The number of methoxy groups -OCH3 is 1. The molecule has 0 unspecified atom stereocenters. The Bertz CT molecular complexity index is 632. The van der Waals surface area contributed by atoms with E-state index in [1.807, 2.05) is 0 Å². The van der Waals surface area contributed by atoms with Gasteiger partial charge in [0.05, 0.1) is 18.7 Å². The minimum atomic E-state index is -0.522. The van der Waals surface area contributed by atoms with Gasteiger partial charge in [0, 0.05) is 11.4 Å². The van der Waals surface area contributed by atoms with E-state index in [1.165, 1.54) is 18.2 Å². The molecule has 2 aromatic rings. The van der Waals surface area contributed by atoms with Crippen LogP contribution in [0.25, 0.3) is 0 Å². The topological polar surface area (TPSA) is 50.4 Å². The van der Waals surface area contributed by atoms with Crippen LogP contribution >= 0.6 is 11.6 Å². The highest BCUT2D eigenvalue weighted by Crippen LogP contribution is 2.19. The molecule has 0 saturated carbocycles. The quantitative estimate of drug-likeness (QED) is 0.888. The van der Waals surface area contributed by atoms with Gasteiger partial charge in [-0.1, -0.05) is 11.6 Å². The van der Waals surface area contributed by atoms with Crippen molar-refractivity contribution in [2.24, 2.45) is 0 Å². The number of anilines is 2. The smallest absolute Gasteiger partial charge is 0.243 e. The van der Waals surface area contributed by atoms with Gasteiger partial charge in [0.2, 0.25) is 5.91 Å². The number of halogens is 2. The summed E-state index contributed by atoms with van der Waals surface area (Å²) >= 11 is 5.65. The summed E-state index contributed by atoms with van der Waals surface area (Å²) < 4.78 is 18.0. The van der Waals surface area contributed by atoms with Gasteiger partial charge in [0.1, 0.15) is 11.6 Å². The maximum atomic E-state index is 13.0. The second kappa shape index (κ2) is 6.95. The molecule has 110 valence electrons. The molecule has 0 atom stereocenters. The standard InChI is InChI=1S/C15H14ClFN2O2/c1-21-12-5-2-10(3-6-12)18-9-15(20)19-11-4-7-14(17)13(16)8-11/h2-8,18H,9H2,1H3,(H,19,20). The van der Waals surface area contributed by atoms with Gasteiger partial charge in [0.25, 0.3) is 0 Å². The summed E-state index contributed by atoms with van der Waals surface area (Å²) in [4.78, 5) is 11.8. The zero-order chi connectivity index (χ0) is 15.2. The van der Waals surface area contributed by atoms with Gasteiger partial charge in [-0.05, 0) is 42.5 Å². The first-order valence-corrected chi connectivity index (χ1v) is 6.59. The van der Waals surface area contributed by atoms with E-state index in [0.717, 1.165) is 11.4 Å². The normalized spacial score (nSPS) is 10.0. The molecular weight excluding hydrogens is 295 g/mol. The van der Waals surface area contributed by atoms with Crippen molar-refractivity contribution in [1.29, 1.82) is 0 Å². The van der Waals surface area contributed by atoms with Gasteiger partial charge in [-0.2, -0.15) is 0 Å². The van der Waals surface area contributed by atoms with Crippen molar-refractivity contribution in [3.63, 3.8) is 0 Å². The van der Waals surface area contributed by atoms with Crippen LogP contribution in [0.15, 0.2) is 42.5 Å². The van der Waals surface area contributed by atoms with Crippen molar-refractivity contribution in [3.05, 3.63) is 53.3 Å². The van der Waals surface area contributed by atoms with Crippen LogP contribution in [0.1, 0.15) is 0 Å². The minimum absolute atomic E-state index is 0.0316. The molecule has 6 heteroatoms. The SMILES string of the molecule is COc1ccc(NCC(=O)Nc2ccc(F)c(Cl)c2)cc1. The van der Waals surface area contributed by atoms with E-state index in [2.05, 4.69) is 10.6 Å². The van der Waals surface area contributed by atoms with Crippen LogP contribution in [-0.2, 0) is 4.79 Å². The molecule has 2 rings (SSSR count). The molecule has 4 nitrogen and oxygen atoms in total. The summed E-state index contributed by atoms with van der Waals surface area (Å²) in [6.07, 6.45) is 0. The number of hydrogen-bond acceptors (Lipinski definition) is 3. The molecule has 0 heterocycles. The van der Waals surface area contributed by atoms with Crippen molar-refractivity contribution in [3.8, 4) is 5.75 Å². The first-order valence-electron chi connectivity index (χ1n) is 6.21. The molecule has 2 aromatic carbocycles. The Hall–Kier alpha value is -2.27. The van der Waals surface area contributed by atoms with Crippen LogP contribution in [0.5, 0.6) is 5.75 Å². The number of ether oxygens (including phenoxy) is 1. The Morgan fingerprint density at radius 2 is 1.86 bits per heavy atom. The lowest BCUT2D eigenvalue weighted by atomic mass is 10.3. The summed E-state index contributed by atoms with van der Waals surface area (Å²) in [5, 5.41) is 5.56. The number of carbonyl (C=O) groups excluding carboxylic acids is 1. The molecule has 0 aromatic heterocycles. The molecule has 0 aliphatic heterocycles. The molecule has 0 radical (unpaired) electrons. The molecule has 21 heavy (non-hydrogen) atoms. The second-order valence-electron chi connectivity index (χ2n) is 4.26. The van der Waals surface area contributed by atoms with E-state index < -0.39 is 5.82 Å². The van der Waals surface area contributed by atoms with Crippen LogP contribution in [0, 0.1) is 5.82 Å². The first-order chi connectivity index (χ1) is 10.1. The summed E-state index contributed by atoms with van der Waals surface area (Å²) in [5.41, 5.74) is 1.24. The van der Waals surface area contributed by atoms with Gasteiger partial charge in [0.15, 0.2) is 0 Å². The van der Waals surface area contributed by atoms with Crippen LogP contribution in [0.3, 0.4) is 0 Å². The maximum Gasteiger partial charge on any atom is 0.243 e. The van der Waals surface area contributed by atoms with Gasteiger partial charge < -0.3 is 15.4 Å². The van der Waals surface area contributed by atoms with E-state index >= 15 is 0 Å². The fourth-order valence-electron chi connectivity index (χ4n) is 1.67. The van der Waals surface area contributed by atoms with Crippen molar-refractivity contribution in [1.82, 2.24) is 0 Å². The van der Waals surface area contributed by atoms with Crippen molar-refractivity contribution in [2.45, 2.75) is 0 Å². The van der Waals surface area contributed by atoms with E-state index in [4.69, 9.17) is 16.3 Å². The van der Waals surface area contributed by atoms with Gasteiger partial charge >= 0.3 is 0 Å².